The van der Waals surface area contributed by atoms with E-state index in [4.69, 9.17) is 0 Å². The molecule has 0 atom stereocenters. The highest BCUT2D eigenvalue weighted by Gasteiger charge is 2.17. The van der Waals surface area contributed by atoms with Crippen molar-refractivity contribution in [3.8, 4) is 0 Å². The van der Waals surface area contributed by atoms with Gasteiger partial charge in [0.15, 0.2) is 0 Å². The third-order valence-corrected chi connectivity index (χ3v) is 3.54. The molecule has 2 rings (SSSR count). The Hall–Kier alpha value is -0.570. The van der Waals surface area contributed by atoms with Crippen LogP contribution >= 0.6 is 15.9 Å². The second-order valence-electron chi connectivity index (χ2n) is 4.35. The second-order valence-corrected chi connectivity index (χ2v) is 5.16. The summed E-state index contributed by atoms with van der Waals surface area (Å²) < 4.78 is 0.915. The van der Waals surface area contributed by atoms with Gasteiger partial charge in [-0.2, -0.15) is 0 Å². The van der Waals surface area contributed by atoms with Gasteiger partial charge in [0.05, 0.1) is 0 Å². The standard InChI is InChI=1S/C12H17BrN2/c1-15(9-10-5-2-3-6-10)12-8-4-7-11(13)14-12/h4,7-8,10H,2-3,5-6,9H2,1H3. The molecule has 0 amide bonds. The van der Waals surface area contributed by atoms with Crippen LogP contribution in [-0.2, 0) is 0 Å². The Labute approximate surface area is 99.8 Å². The first-order valence-electron chi connectivity index (χ1n) is 5.59. The predicted molar refractivity (Wildman–Crippen MR) is 67.2 cm³/mol. The fourth-order valence-corrected chi connectivity index (χ4v) is 2.62. The van der Waals surface area contributed by atoms with Crippen LogP contribution in [0.2, 0.25) is 0 Å². The summed E-state index contributed by atoms with van der Waals surface area (Å²) in [5.74, 6) is 1.94. The molecule has 0 spiro atoms. The summed E-state index contributed by atoms with van der Waals surface area (Å²) in [4.78, 5) is 6.72. The lowest BCUT2D eigenvalue weighted by Gasteiger charge is -2.21. The molecule has 0 N–H and O–H groups in total. The summed E-state index contributed by atoms with van der Waals surface area (Å²) in [5.41, 5.74) is 0. The van der Waals surface area contributed by atoms with Crippen molar-refractivity contribution in [2.45, 2.75) is 25.7 Å². The maximum Gasteiger partial charge on any atom is 0.129 e. The van der Waals surface area contributed by atoms with Crippen LogP contribution in [0.5, 0.6) is 0 Å². The Morgan fingerprint density at radius 1 is 1.40 bits per heavy atom. The highest BCUT2D eigenvalue weighted by atomic mass is 79.9. The van der Waals surface area contributed by atoms with Crippen molar-refractivity contribution in [3.05, 3.63) is 22.8 Å². The van der Waals surface area contributed by atoms with Gasteiger partial charge >= 0.3 is 0 Å². The van der Waals surface area contributed by atoms with Crippen molar-refractivity contribution < 1.29 is 0 Å². The number of hydrogen-bond acceptors (Lipinski definition) is 2. The summed E-state index contributed by atoms with van der Waals surface area (Å²) >= 11 is 3.41. The Morgan fingerprint density at radius 2 is 2.13 bits per heavy atom. The van der Waals surface area contributed by atoms with Gasteiger partial charge in [0, 0.05) is 13.6 Å². The molecule has 0 saturated heterocycles. The maximum absolute atomic E-state index is 4.46. The fourth-order valence-electron chi connectivity index (χ4n) is 2.28. The zero-order valence-electron chi connectivity index (χ0n) is 9.12. The molecule has 1 saturated carbocycles. The van der Waals surface area contributed by atoms with Gasteiger partial charge in [0.2, 0.25) is 0 Å². The summed E-state index contributed by atoms with van der Waals surface area (Å²) in [6.07, 6.45) is 5.59. The van der Waals surface area contributed by atoms with Gasteiger partial charge in [0.25, 0.3) is 0 Å². The molecule has 3 heteroatoms. The predicted octanol–water partition coefficient (Wildman–Crippen LogP) is 3.47. The first kappa shape index (κ1) is 10.9. The zero-order chi connectivity index (χ0) is 10.7. The Kier molecular flexibility index (Phi) is 3.62. The van der Waals surface area contributed by atoms with Crippen LogP contribution in [0.4, 0.5) is 5.82 Å². The highest BCUT2D eigenvalue weighted by molar-refractivity contribution is 9.10. The lowest BCUT2D eigenvalue weighted by molar-refractivity contribution is 0.545. The number of hydrogen-bond donors (Lipinski definition) is 0. The third-order valence-electron chi connectivity index (χ3n) is 3.10. The molecular weight excluding hydrogens is 252 g/mol. The first-order chi connectivity index (χ1) is 7.25. The van der Waals surface area contributed by atoms with Crippen molar-refractivity contribution in [2.24, 2.45) is 5.92 Å². The summed E-state index contributed by atoms with van der Waals surface area (Å²) in [7, 11) is 2.13. The number of halogens is 1. The van der Waals surface area contributed by atoms with E-state index in [2.05, 4.69) is 38.9 Å². The molecule has 0 aromatic carbocycles. The molecule has 0 bridgehead atoms. The summed E-state index contributed by atoms with van der Waals surface area (Å²) in [6, 6.07) is 6.07. The third kappa shape index (κ3) is 2.94. The number of pyridine rings is 1. The van der Waals surface area contributed by atoms with E-state index >= 15 is 0 Å². The van der Waals surface area contributed by atoms with Gasteiger partial charge in [0.1, 0.15) is 10.4 Å². The van der Waals surface area contributed by atoms with E-state index in [0.29, 0.717) is 0 Å². The summed E-state index contributed by atoms with van der Waals surface area (Å²) in [5, 5.41) is 0. The van der Waals surface area contributed by atoms with E-state index in [-0.39, 0.29) is 0 Å². The van der Waals surface area contributed by atoms with E-state index in [1.165, 1.54) is 25.7 Å². The van der Waals surface area contributed by atoms with E-state index < -0.39 is 0 Å². The van der Waals surface area contributed by atoms with Crippen LogP contribution in [0.1, 0.15) is 25.7 Å². The molecule has 82 valence electrons. The van der Waals surface area contributed by atoms with Crippen LogP contribution in [0.15, 0.2) is 22.8 Å². The van der Waals surface area contributed by atoms with Crippen LogP contribution < -0.4 is 4.90 Å². The summed E-state index contributed by atoms with van der Waals surface area (Å²) in [6.45, 7) is 1.14. The molecule has 1 fully saturated rings. The maximum atomic E-state index is 4.46. The van der Waals surface area contributed by atoms with Crippen molar-refractivity contribution >= 4 is 21.7 Å². The van der Waals surface area contributed by atoms with Gasteiger partial charge < -0.3 is 4.90 Å². The minimum absolute atomic E-state index is 0.871. The van der Waals surface area contributed by atoms with Crippen molar-refractivity contribution in [3.63, 3.8) is 0 Å². The topological polar surface area (TPSA) is 16.1 Å². The zero-order valence-corrected chi connectivity index (χ0v) is 10.7. The SMILES string of the molecule is CN(CC1CCCC1)c1cccc(Br)n1. The van der Waals surface area contributed by atoms with Crippen molar-refractivity contribution in [1.82, 2.24) is 4.98 Å². The monoisotopic (exact) mass is 268 g/mol. The smallest absolute Gasteiger partial charge is 0.129 e. The number of anilines is 1. The van der Waals surface area contributed by atoms with Crippen LogP contribution in [-0.4, -0.2) is 18.6 Å². The Balaban J connectivity index is 1.97. The molecule has 15 heavy (non-hydrogen) atoms. The van der Waals surface area contributed by atoms with Crippen LogP contribution in [0.25, 0.3) is 0 Å². The van der Waals surface area contributed by atoms with Gasteiger partial charge in [-0.3, -0.25) is 0 Å². The van der Waals surface area contributed by atoms with Crippen molar-refractivity contribution in [2.75, 3.05) is 18.5 Å². The minimum Gasteiger partial charge on any atom is -0.359 e. The van der Waals surface area contributed by atoms with Gasteiger partial charge in [-0.25, -0.2) is 4.98 Å². The van der Waals surface area contributed by atoms with Gasteiger partial charge in [-0.05, 0) is 46.8 Å². The van der Waals surface area contributed by atoms with Crippen LogP contribution in [0.3, 0.4) is 0 Å². The Morgan fingerprint density at radius 3 is 2.80 bits per heavy atom. The Bertz CT molecular complexity index is 321. The van der Waals surface area contributed by atoms with Crippen LogP contribution in [0, 0.1) is 5.92 Å². The fraction of sp³-hybridized carbons (Fsp3) is 0.583. The average Bonchev–Trinajstić information content (AvgIpc) is 2.70. The van der Waals surface area contributed by atoms with Crippen molar-refractivity contribution in [1.29, 1.82) is 0 Å². The minimum atomic E-state index is 0.871. The molecule has 1 aromatic heterocycles. The lowest BCUT2D eigenvalue weighted by Crippen LogP contribution is -2.24. The molecule has 1 aliphatic carbocycles. The molecule has 0 unspecified atom stereocenters. The quantitative estimate of drug-likeness (QED) is 0.781. The molecule has 1 aromatic rings. The highest BCUT2D eigenvalue weighted by Crippen LogP contribution is 2.26. The molecule has 0 aliphatic heterocycles. The normalized spacial score (nSPS) is 16.9. The molecular formula is C12H17BrN2. The number of rotatable bonds is 3. The number of aromatic nitrogens is 1. The molecule has 1 aliphatic rings. The molecule has 1 heterocycles. The van der Waals surface area contributed by atoms with Gasteiger partial charge in [-0.15, -0.1) is 0 Å². The molecule has 2 nitrogen and oxygen atoms in total. The first-order valence-corrected chi connectivity index (χ1v) is 6.39. The van der Waals surface area contributed by atoms with E-state index in [9.17, 15) is 0 Å². The lowest BCUT2D eigenvalue weighted by atomic mass is 10.1. The van der Waals surface area contributed by atoms with E-state index in [1.54, 1.807) is 0 Å². The second kappa shape index (κ2) is 4.97. The van der Waals surface area contributed by atoms with E-state index in [1.807, 2.05) is 12.1 Å². The van der Waals surface area contributed by atoms with Gasteiger partial charge in [-0.1, -0.05) is 18.9 Å². The average molecular weight is 269 g/mol. The number of nitrogens with zero attached hydrogens (tertiary/aromatic N) is 2. The van der Waals surface area contributed by atoms with E-state index in [0.717, 1.165) is 22.9 Å². The molecule has 0 radical (unpaired) electrons. The largest absolute Gasteiger partial charge is 0.359 e.